The Labute approximate surface area is 137 Å². The van der Waals surface area contributed by atoms with Crippen LogP contribution in [-0.4, -0.2) is 18.2 Å². The predicted octanol–water partition coefficient (Wildman–Crippen LogP) is 4.54. The lowest BCUT2D eigenvalue weighted by molar-refractivity contribution is -0.138. The fraction of sp³-hybridized carbons (Fsp3) is 0.350. The molecular formula is C20H24O3. The normalized spacial score (nSPS) is 12.2. The van der Waals surface area contributed by atoms with Gasteiger partial charge in [0.05, 0.1) is 13.0 Å². The Kier molecular flexibility index (Phi) is 5.43. The molecule has 2 aromatic rings. The van der Waals surface area contributed by atoms with E-state index in [0.29, 0.717) is 18.1 Å². The number of methoxy groups -OCH3 is 1. The molecule has 0 spiro atoms. The predicted molar refractivity (Wildman–Crippen MR) is 92.3 cm³/mol. The second-order valence-electron chi connectivity index (χ2n) is 6.24. The minimum Gasteiger partial charge on any atom is -0.496 e. The van der Waals surface area contributed by atoms with Gasteiger partial charge in [-0.2, -0.15) is 0 Å². The molecular weight excluding hydrogens is 288 g/mol. The van der Waals surface area contributed by atoms with E-state index in [2.05, 4.69) is 13.8 Å². The van der Waals surface area contributed by atoms with Crippen molar-refractivity contribution in [3.8, 4) is 5.75 Å². The van der Waals surface area contributed by atoms with Crippen LogP contribution < -0.4 is 4.74 Å². The minimum absolute atomic E-state index is 0.341. The van der Waals surface area contributed by atoms with E-state index >= 15 is 0 Å². The lowest BCUT2D eigenvalue weighted by atomic mass is 9.88. The Morgan fingerprint density at radius 3 is 2.30 bits per heavy atom. The standard InChI is InChI=1S/C20H24O3/c1-13(2)16-9-10-19(23-4)17(12-16)18(20(21)22)11-15-7-5-14(3)6-8-15/h5-10,12-13,18H,11H2,1-4H3,(H,21,22). The molecule has 0 heterocycles. The first-order valence-electron chi connectivity index (χ1n) is 7.88. The number of rotatable bonds is 6. The number of benzene rings is 2. The van der Waals surface area contributed by atoms with Gasteiger partial charge in [-0.1, -0.05) is 55.8 Å². The molecule has 0 aliphatic rings. The highest BCUT2D eigenvalue weighted by atomic mass is 16.5. The third kappa shape index (κ3) is 4.13. The molecule has 3 heteroatoms. The van der Waals surface area contributed by atoms with Gasteiger partial charge >= 0.3 is 5.97 Å². The van der Waals surface area contributed by atoms with Gasteiger partial charge in [0.25, 0.3) is 0 Å². The summed E-state index contributed by atoms with van der Waals surface area (Å²) in [6, 6.07) is 13.8. The van der Waals surface area contributed by atoms with Gasteiger partial charge in [0, 0.05) is 5.56 Å². The van der Waals surface area contributed by atoms with Crippen LogP contribution in [0.15, 0.2) is 42.5 Å². The topological polar surface area (TPSA) is 46.5 Å². The molecule has 0 saturated carbocycles. The Morgan fingerprint density at radius 1 is 1.13 bits per heavy atom. The molecule has 0 fully saturated rings. The summed E-state index contributed by atoms with van der Waals surface area (Å²) in [4.78, 5) is 11.9. The van der Waals surface area contributed by atoms with Gasteiger partial charge in [0.2, 0.25) is 0 Å². The number of carboxylic acid groups (broad SMARTS) is 1. The number of ether oxygens (including phenoxy) is 1. The molecule has 0 saturated heterocycles. The first kappa shape index (κ1) is 17.1. The molecule has 3 nitrogen and oxygen atoms in total. The SMILES string of the molecule is COc1ccc(C(C)C)cc1C(Cc1ccc(C)cc1)C(=O)O. The van der Waals surface area contributed by atoms with Gasteiger partial charge in [-0.3, -0.25) is 4.79 Å². The molecule has 0 bridgehead atoms. The van der Waals surface area contributed by atoms with Crippen molar-refractivity contribution in [1.82, 2.24) is 0 Å². The monoisotopic (exact) mass is 312 g/mol. The number of carbonyl (C=O) groups is 1. The zero-order valence-electron chi connectivity index (χ0n) is 14.2. The van der Waals surface area contributed by atoms with Crippen LogP contribution in [0.5, 0.6) is 5.75 Å². The summed E-state index contributed by atoms with van der Waals surface area (Å²) in [7, 11) is 1.58. The van der Waals surface area contributed by atoms with Crippen LogP contribution in [0, 0.1) is 6.92 Å². The Balaban J connectivity index is 2.42. The van der Waals surface area contributed by atoms with Crippen LogP contribution in [0.2, 0.25) is 0 Å². The molecule has 1 unspecified atom stereocenters. The zero-order valence-corrected chi connectivity index (χ0v) is 14.2. The summed E-state index contributed by atoms with van der Waals surface area (Å²) in [6.45, 7) is 6.22. The van der Waals surface area contributed by atoms with Gasteiger partial charge in [-0.05, 0) is 36.5 Å². The summed E-state index contributed by atoms with van der Waals surface area (Å²) in [5.41, 5.74) is 4.04. The molecule has 0 amide bonds. The van der Waals surface area contributed by atoms with E-state index in [-0.39, 0.29) is 0 Å². The number of hydrogen-bond donors (Lipinski definition) is 1. The van der Waals surface area contributed by atoms with Crippen molar-refractivity contribution in [2.45, 2.75) is 39.0 Å². The first-order chi connectivity index (χ1) is 10.9. The molecule has 0 radical (unpaired) electrons. The number of aliphatic carboxylic acids is 1. The van der Waals surface area contributed by atoms with Gasteiger partial charge in [0.1, 0.15) is 5.75 Å². The maximum atomic E-state index is 11.9. The minimum atomic E-state index is -0.829. The van der Waals surface area contributed by atoms with E-state index in [9.17, 15) is 9.90 Å². The van der Waals surface area contributed by atoms with Gasteiger partial charge in [-0.25, -0.2) is 0 Å². The van der Waals surface area contributed by atoms with Crippen molar-refractivity contribution in [3.05, 3.63) is 64.7 Å². The summed E-state index contributed by atoms with van der Waals surface area (Å²) in [5.74, 6) is -0.474. The molecule has 122 valence electrons. The maximum absolute atomic E-state index is 11.9. The van der Waals surface area contributed by atoms with E-state index in [1.807, 2.05) is 49.4 Å². The van der Waals surface area contributed by atoms with Gasteiger partial charge < -0.3 is 9.84 Å². The van der Waals surface area contributed by atoms with Crippen LogP contribution >= 0.6 is 0 Å². The molecule has 23 heavy (non-hydrogen) atoms. The molecule has 2 rings (SSSR count). The Morgan fingerprint density at radius 2 is 1.78 bits per heavy atom. The highest BCUT2D eigenvalue weighted by Crippen LogP contribution is 2.32. The second kappa shape index (κ2) is 7.32. The van der Waals surface area contributed by atoms with Crippen LogP contribution in [-0.2, 0) is 11.2 Å². The fourth-order valence-corrected chi connectivity index (χ4v) is 2.67. The van der Waals surface area contributed by atoms with E-state index in [0.717, 1.165) is 16.7 Å². The van der Waals surface area contributed by atoms with E-state index in [1.54, 1.807) is 7.11 Å². The lowest BCUT2D eigenvalue weighted by Gasteiger charge is -2.19. The second-order valence-corrected chi connectivity index (χ2v) is 6.24. The largest absolute Gasteiger partial charge is 0.496 e. The van der Waals surface area contributed by atoms with Crippen molar-refractivity contribution in [2.24, 2.45) is 0 Å². The molecule has 0 aromatic heterocycles. The van der Waals surface area contributed by atoms with E-state index in [4.69, 9.17) is 4.74 Å². The average molecular weight is 312 g/mol. The highest BCUT2D eigenvalue weighted by molar-refractivity contribution is 5.78. The molecule has 1 atom stereocenters. The fourth-order valence-electron chi connectivity index (χ4n) is 2.67. The highest BCUT2D eigenvalue weighted by Gasteiger charge is 2.24. The van der Waals surface area contributed by atoms with Crippen LogP contribution in [0.1, 0.15) is 47.9 Å². The van der Waals surface area contributed by atoms with Crippen LogP contribution in [0.25, 0.3) is 0 Å². The smallest absolute Gasteiger partial charge is 0.311 e. The van der Waals surface area contributed by atoms with Crippen LogP contribution in [0.4, 0.5) is 0 Å². The third-order valence-corrected chi connectivity index (χ3v) is 4.15. The number of hydrogen-bond acceptors (Lipinski definition) is 2. The molecule has 0 aliphatic heterocycles. The Hall–Kier alpha value is -2.29. The Bertz CT molecular complexity index is 672. The summed E-state index contributed by atoms with van der Waals surface area (Å²) < 4.78 is 5.40. The number of aryl methyl sites for hydroxylation is 1. The number of carboxylic acids is 1. The molecule has 0 aliphatic carbocycles. The summed E-state index contributed by atoms with van der Waals surface area (Å²) >= 11 is 0. The van der Waals surface area contributed by atoms with Crippen molar-refractivity contribution < 1.29 is 14.6 Å². The van der Waals surface area contributed by atoms with E-state index < -0.39 is 11.9 Å². The quantitative estimate of drug-likeness (QED) is 0.852. The van der Waals surface area contributed by atoms with E-state index in [1.165, 1.54) is 5.56 Å². The van der Waals surface area contributed by atoms with Gasteiger partial charge in [-0.15, -0.1) is 0 Å². The van der Waals surface area contributed by atoms with Crippen LogP contribution in [0.3, 0.4) is 0 Å². The summed E-state index contributed by atoms with van der Waals surface area (Å²) in [5, 5.41) is 9.74. The lowest BCUT2D eigenvalue weighted by Crippen LogP contribution is -2.16. The van der Waals surface area contributed by atoms with Crippen molar-refractivity contribution in [3.63, 3.8) is 0 Å². The zero-order chi connectivity index (χ0) is 17.0. The average Bonchev–Trinajstić information content (AvgIpc) is 2.53. The molecule has 2 aromatic carbocycles. The van der Waals surface area contributed by atoms with Gasteiger partial charge in [0.15, 0.2) is 0 Å². The molecule has 1 N–H and O–H groups in total. The van der Waals surface area contributed by atoms with Crippen molar-refractivity contribution >= 4 is 5.97 Å². The first-order valence-corrected chi connectivity index (χ1v) is 7.88. The third-order valence-electron chi connectivity index (χ3n) is 4.15. The van der Waals surface area contributed by atoms with Crippen molar-refractivity contribution in [1.29, 1.82) is 0 Å². The maximum Gasteiger partial charge on any atom is 0.311 e. The summed E-state index contributed by atoms with van der Waals surface area (Å²) in [6.07, 6.45) is 0.452. The van der Waals surface area contributed by atoms with Crippen molar-refractivity contribution in [2.75, 3.05) is 7.11 Å².